The quantitative estimate of drug-likeness (QED) is 0.688. The summed E-state index contributed by atoms with van der Waals surface area (Å²) in [6.45, 7) is 2.90. The molecule has 2 atom stereocenters. The summed E-state index contributed by atoms with van der Waals surface area (Å²) in [5, 5.41) is 6.57. The van der Waals surface area contributed by atoms with Crippen molar-refractivity contribution in [2.75, 3.05) is 6.54 Å². The van der Waals surface area contributed by atoms with E-state index in [2.05, 4.69) is 22.8 Å². The second kappa shape index (κ2) is 4.00. The number of hydrogen-bond donors (Lipinski definition) is 2. The fourth-order valence-corrected chi connectivity index (χ4v) is 1.65. The minimum atomic E-state index is -0.144. The molecule has 15 heavy (non-hydrogen) atoms. The molecule has 1 heterocycles. The monoisotopic (exact) mass is 209 g/mol. The van der Waals surface area contributed by atoms with Crippen molar-refractivity contribution in [2.45, 2.75) is 26.2 Å². The van der Waals surface area contributed by atoms with Crippen LogP contribution >= 0.6 is 0 Å². The molecule has 1 aliphatic heterocycles. The Bertz CT molecular complexity index is 325. The minimum Gasteiger partial charge on any atom is -0.351 e. The fraction of sp³-hybridized carbons (Fsp3) is 0.700. The van der Waals surface area contributed by atoms with E-state index in [4.69, 9.17) is 0 Å². The smallest absolute Gasteiger partial charge is 0.267 e. The zero-order valence-electron chi connectivity index (χ0n) is 8.75. The van der Waals surface area contributed by atoms with Crippen LogP contribution in [-0.2, 0) is 9.59 Å². The van der Waals surface area contributed by atoms with Gasteiger partial charge < -0.3 is 5.32 Å². The van der Waals surface area contributed by atoms with Crippen molar-refractivity contribution in [3.8, 4) is 0 Å². The summed E-state index contributed by atoms with van der Waals surface area (Å²) < 4.78 is 0. The fourth-order valence-electron chi connectivity index (χ4n) is 1.65. The molecule has 0 aromatic carbocycles. The molecule has 0 saturated heterocycles. The van der Waals surface area contributed by atoms with Gasteiger partial charge in [0.05, 0.1) is 0 Å². The van der Waals surface area contributed by atoms with E-state index in [0.717, 1.165) is 12.5 Å². The Morgan fingerprint density at radius 1 is 1.60 bits per heavy atom. The topological polar surface area (TPSA) is 70.6 Å². The van der Waals surface area contributed by atoms with Gasteiger partial charge in [-0.15, -0.1) is 0 Å². The van der Waals surface area contributed by atoms with Gasteiger partial charge in [-0.3, -0.25) is 9.59 Å². The Morgan fingerprint density at radius 3 is 2.87 bits per heavy atom. The Morgan fingerprint density at radius 2 is 2.33 bits per heavy atom. The van der Waals surface area contributed by atoms with Crippen LogP contribution in [0, 0.1) is 11.8 Å². The lowest BCUT2D eigenvalue weighted by Gasteiger charge is -2.11. The number of rotatable bonds is 3. The van der Waals surface area contributed by atoms with Crippen LogP contribution in [0.2, 0.25) is 0 Å². The Hall–Kier alpha value is -1.39. The average Bonchev–Trinajstić information content (AvgIpc) is 2.92. The van der Waals surface area contributed by atoms with E-state index >= 15 is 0 Å². The van der Waals surface area contributed by atoms with Crippen molar-refractivity contribution in [3.63, 3.8) is 0 Å². The second-order valence-corrected chi connectivity index (χ2v) is 4.28. The lowest BCUT2D eigenvalue weighted by molar-refractivity contribution is -0.121. The summed E-state index contributed by atoms with van der Waals surface area (Å²) in [6.07, 6.45) is 1.99. The summed E-state index contributed by atoms with van der Waals surface area (Å²) >= 11 is 0. The van der Waals surface area contributed by atoms with Gasteiger partial charge in [0.2, 0.25) is 5.91 Å². The Kier molecular flexibility index (Phi) is 2.70. The highest BCUT2D eigenvalue weighted by Gasteiger charge is 2.32. The summed E-state index contributed by atoms with van der Waals surface area (Å²) in [7, 11) is 0. The van der Waals surface area contributed by atoms with Crippen molar-refractivity contribution in [1.82, 2.24) is 10.7 Å². The van der Waals surface area contributed by atoms with Crippen LogP contribution in [0.5, 0.6) is 0 Å². The molecule has 1 saturated carbocycles. The summed E-state index contributed by atoms with van der Waals surface area (Å²) in [6, 6.07) is 0. The van der Waals surface area contributed by atoms with E-state index in [9.17, 15) is 9.59 Å². The SMILES string of the molecule is CC1CC1CNC(=O)C1=NNC(=O)CC1. The summed E-state index contributed by atoms with van der Waals surface area (Å²) in [4.78, 5) is 22.4. The first-order valence-corrected chi connectivity index (χ1v) is 5.30. The van der Waals surface area contributed by atoms with E-state index < -0.39 is 0 Å². The number of hydrazone groups is 1. The van der Waals surface area contributed by atoms with Crippen LogP contribution in [0.25, 0.3) is 0 Å². The first kappa shape index (κ1) is 10.1. The van der Waals surface area contributed by atoms with Crippen molar-refractivity contribution >= 4 is 17.5 Å². The third-order valence-corrected chi connectivity index (χ3v) is 2.97. The van der Waals surface area contributed by atoms with Crippen LogP contribution in [-0.4, -0.2) is 24.1 Å². The van der Waals surface area contributed by atoms with E-state index in [-0.39, 0.29) is 11.8 Å². The van der Waals surface area contributed by atoms with Crippen molar-refractivity contribution in [1.29, 1.82) is 0 Å². The first-order chi connectivity index (χ1) is 7.16. The second-order valence-electron chi connectivity index (χ2n) is 4.28. The van der Waals surface area contributed by atoms with E-state index in [1.54, 1.807) is 0 Å². The van der Waals surface area contributed by atoms with Crippen LogP contribution in [0.3, 0.4) is 0 Å². The molecule has 5 nitrogen and oxygen atoms in total. The number of carbonyl (C=O) groups excluding carboxylic acids is 2. The minimum absolute atomic E-state index is 0.123. The molecule has 2 amide bonds. The number of carbonyl (C=O) groups is 2. The van der Waals surface area contributed by atoms with Crippen molar-refractivity contribution < 1.29 is 9.59 Å². The number of amides is 2. The number of nitrogens with one attached hydrogen (secondary N) is 2. The van der Waals surface area contributed by atoms with Gasteiger partial charge in [-0.1, -0.05) is 6.92 Å². The van der Waals surface area contributed by atoms with E-state index in [1.807, 2.05) is 0 Å². The average molecular weight is 209 g/mol. The van der Waals surface area contributed by atoms with Gasteiger partial charge in [-0.05, 0) is 18.3 Å². The van der Waals surface area contributed by atoms with Gasteiger partial charge in [-0.25, -0.2) is 5.43 Å². The maximum atomic E-state index is 11.6. The number of hydrogen-bond acceptors (Lipinski definition) is 3. The van der Waals surface area contributed by atoms with Crippen LogP contribution in [0.4, 0.5) is 0 Å². The van der Waals surface area contributed by atoms with Gasteiger partial charge in [-0.2, -0.15) is 5.10 Å². The zero-order valence-corrected chi connectivity index (χ0v) is 8.75. The largest absolute Gasteiger partial charge is 0.351 e. The van der Waals surface area contributed by atoms with Crippen LogP contribution in [0.15, 0.2) is 5.10 Å². The standard InChI is InChI=1S/C10H15N3O2/c1-6-4-7(6)5-11-10(15)8-2-3-9(14)13-12-8/h6-7H,2-5H2,1H3,(H,11,15)(H,13,14). The first-order valence-electron chi connectivity index (χ1n) is 5.30. The molecule has 1 fully saturated rings. The van der Waals surface area contributed by atoms with E-state index in [1.165, 1.54) is 6.42 Å². The molecule has 2 rings (SSSR count). The van der Waals surface area contributed by atoms with E-state index in [0.29, 0.717) is 24.5 Å². The molecule has 1 aliphatic carbocycles. The molecule has 2 N–H and O–H groups in total. The van der Waals surface area contributed by atoms with Gasteiger partial charge >= 0.3 is 0 Å². The Balaban J connectivity index is 1.78. The molecule has 2 unspecified atom stereocenters. The molecule has 5 heteroatoms. The highest BCUT2D eigenvalue weighted by atomic mass is 16.2. The maximum Gasteiger partial charge on any atom is 0.267 e. The Labute approximate surface area is 88.3 Å². The van der Waals surface area contributed by atoms with Gasteiger partial charge in [0.1, 0.15) is 5.71 Å². The van der Waals surface area contributed by atoms with Crippen molar-refractivity contribution in [2.24, 2.45) is 16.9 Å². The highest BCUT2D eigenvalue weighted by Crippen LogP contribution is 2.36. The predicted molar refractivity (Wildman–Crippen MR) is 55.1 cm³/mol. The summed E-state index contributed by atoms with van der Waals surface area (Å²) in [5.41, 5.74) is 2.75. The molecule has 0 radical (unpaired) electrons. The summed E-state index contributed by atoms with van der Waals surface area (Å²) in [5.74, 6) is 1.10. The normalized spacial score (nSPS) is 29.1. The predicted octanol–water partition coefficient (Wildman–Crippen LogP) is 0.0246. The van der Waals surface area contributed by atoms with Crippen LogP contribution in [0.1, 0.15) is 26.2 Å². The molecular formula is C10H15N3O2. The maximum absolute atomic E-state index is 11.6. The molecular weight excluding hydrogens is 194 g/mol. The molecule has 2 aliphatic rings. The lowest BCUT2D eigenvalue weighted by Crippen LogP contribution is -2.37. The van der Waals surface area contributed by atoms with Gasteiger partial charge in [0.25, 0.3) is 5.91 Å². The van der Waals surface area contributed by atoms with Gasteiger partial charge in [0.15, 0.2) is 0 Å². The van der Waals surface area contributed by atoms with Crippen molar-refractivity contribution in [3.05, 3.63) is 0 Å². The molecule has 0 spiro atoms. The third-order valence-electron chi connectivity index (χ3n) is 2.97. The highest BCUT2D eigenvalue weighted by molar-refractivity contribution is 6.39. The molecule has 0 aromatic heterocycles. The lowest BCUT2D eigenvalue weighted by atomic mass is 10.1. The van der Waals surface area contributed by atoms with Crippen LogP contribution < -0.4 is 10.7 Å². The molecule has 82 valence electrons. The third kappa shape index (κ3) is 2.55. The molecule has 0 bridgehead atoms. The number of nitrogens with zero attached hydrogens (tertiary/aromatic N) is 1. The zero-order chi connectivity index (χ0) is 10.8. The van der Waals surface area contributed by atoms with Gasteiger partial charge in [0, 0.05) is 19.4 Å². The molecule has 0 aromatic rings.